The molecule has 0 aliphatic carbocycles. The summed E-state index contributed by atoms with van der Waals surface area (Å²) in [5, 5.41) is 11.9. The smallest absolute Gasteiger partial charge is 0.305 e. The molecule has 0 heterocycles. The molecule has 0 aliphatic rings. The maximum Gasteiger partial charge on any atom is 0.305 e. The second kappa shape index (κ2) is 29.0. The van der Waals surface area contributed by atoms with Crippen molar-refractivity contribution < 1.29 is 24.1 Å². The zero-order valence-electron chi connectivity index (χ0n) is 22.8. The van der Waals surface area contributed by atoms with Crippen LogP contribution in [0.2, 0.25) is 0 Å². The van der Waals surface area contributed by atoms with E-state index in [1.54, 1.807) is 0 Å². The highest BCUT2D eigenvalue weighted by molar-refractivity contribution is 5.69. The summed E-state index contributed by atoms with van der Waals surface area (Å²) in [6, 6.07) is 0. The van der Waals surface area contributed by atoms with Gasteiger partial charge in [0.2, 0.25) is 0 Å². The number of hydrogen-bond donors (Lipinski definition) is 2. The summed E-state index contributed by atoms with van der Waals surface area (Å²) >= 11 is 0. The maximum atomic E-state index is 12.0. The van der Waals surface area contributed by atoms with Crippen LogP contribution in [-0.2, 0) is 19.0 Å². The zero-order chi connectivity index (χ0) is 25.7. The summed E-state index contributed by atoms with van der Waals surface area (Å²) in [6.45, 7) is 7.43. The summed E-state index contributed by atoms with van der Waals surface area (Å²) in [5.74, 6) is -0.161. The van der Waals surface area contributed by atoms with E-state index >= 15 is 0 Å². The lowest BCUT2D eigenvalue weighted by Gasteiger charge is -2.17. The molecule has 0 aromatic carbocycles. The van der Waals surface area contributed by atoms with Gasteiger partial charge >= 0.3 is 5.97 Å². The standard InChI is InChI=1S/C29H55NO5/c1-3-5-7-9-11-13-18-25-34-29(35-26-19-14-12-10-8-6-4-2)21-27-33-28(32)20-16-15-17-22-30-23-24-31/h13-14,18-19,29-31H,3-12,15-17,20-27H2,1-2H3/b18-13-,19-14-. The lowest BCUT2D eigenvalue weighted by Crippen LogP contribution is -2.21. The van der Waals surface area contributed by atoms with Crippen molar-refractivity contribution in [2.24, 2.45) is 0 Å². The minimum Gasteiger partial charge on any atom is -0.465 e. The second-order valence-corrected chi connectivity index (χ2v) is 9.03. The first-order valence-corrected chi connectivity index (χ1v) is 14.2. The van der Waals surface area contributed by atoms with Crippen LogP contribution < -0.4 is 5.32 Å². The molecule has 0 radical (unpaired) electrons. The molecule has 6 heteroatoms. The highest BCUT2D eigenvalue weighted by Crippen LogP contribution is 2.07. The van der Waals surface area contributed by atoms with Gasteiger partial charge in [0.05, 0.1) is 26.4 Å². The van der Waals surface area contributed by atoms with Crippen LogP contribution in [0.15, 0.2) is 24.3 Å². The van der Waals surface area contributed by atoms with Gasteiger partial charge in [0.15, 0.2) is 6.29 Å². The summed E-state index contributed by atoms with van der Waals surface area (Å²) in [4.78, 5) is 12.0. The number of nitrogens with one attached hydrogen (secondary N) is 1. The van der Waals surface area contributed by atoms with E-state index in [0.717, 1.165) is 38.6 Å². The second-order valence-electron chi connectivity index (χ2n) is 9.03. The first-order chi connectivity index (χ1) is 17.2. The number of rotatable bonds is 27. The topological polar surface area (TPSA) is 77.0 Å². The predicted molar refractivity (Wildman–Crippen MR) is 145 cm³/mol. The van der Waals surface area contributed by atoms with E-state index in [2.05, 4.69) is 43.5 Å². The molecular weight excluding hydrogens is 442 g/mol. The molecule has 0 bridgehead atoms. The van der Waals surface area contributed by atoms with Gasteiger partial charge in [-0.25, -0.2) is 0 Å². The van der Waals surface area contributed by atoms with Crippen LogP contribution in [0.5, 0.6) is 0 Å². The molecule has 0 amide bonds. The number of hydrogen-bond acceptors (Lipinski definition) is 6. The normalized spacial score (nSPS) is 11.9. The Morgan fingerprint density at radius 1 is 0.771 bits per heavy atom. The Balaban J connectivity index is 4.13. The monoisotopic (exact) mass is 497 g/mol. The first kappa shape index (κ1) is 33.8. The minimum absolute atomic E-state index is 0.158. The van der Waals surface area contributed by atoms with Crippen LogP contribution in [0.1, 0.15) is 110 Å². The number of ether oxygens (including phenoxy) is 3. The molecule has 0 saturated heterocycles. The number of aliphatic hydroxyl groups is 1. The summed E-state index contributed by atoms with van der Waals surface area (Å²) < 4.78 is 17.2. The number of unbranched alkanes of at least 4 members (excludes halogenated alkanes) is 10. The Labute approximate surface area is 215 Å². The lowest BCUT2D eigenvalue weighted by molar-refractivity contribution is -0.154. The molecule has 2 N–H and O–H groups in total. The van der Waals surface area contributed by atoms with Crippen LogP contribution in [-0.4, -0.2) is 56.9 Å². The number of carbonyl (C=O) groups excluding carboxylic acids is 1. The molecule has 6 nitrogen and oxygen atoms in total. The average molecular weight is 498 g/mol. The highest BCUT2D eigenvalue weighted by Gasteiger charge is 2.10. The van der Waals surface area contributed by atoms with Crippen molar-refractivity contribution in [2.45, 2.75) is 116 Å². The Hall–Kier alpha value is -1.21. The van der Waals surface area contributed by atoms with Crippen LogP contribution in [0.3, 0.4) is 0 Å². The fourth-order valence-corrected chi connectivity index (χ4v) is 3.53. The van der Waals surface area contributed by atoms with Crippen LogP contribution in [0, 0.1) is 0 Å². The third kappa shape index (κ3) is 27.2. The predicted octanol–water partition coefficient (Wildman–Crippen LogP) is 6.47. The van der Waals surface area contributed by atoms with Gasteiger partial charge in [-0.15, -0.1) is 0 Å². The lowest BCUT2D eigenvalue weighted by atomic mass is 10.1. The van der Waals surface area contributed by atoms with Crippen LogP contribution in [0.4, 0.5) is 0 Å². The molecule has 35 heavy (non-hydrogen) atoms. The average Bonchev–Trinajstić information content (AvgIpc) is 2.86. The summed E-state index contributed by atoms with van der Waals surface area (Å²) in [5.41, 5.74) is 0. The molecular formula is C29H55NO5. The van der Waals surface area contributed by atoms with E-state index < -0.39 is 0 Å². The molecule has 0 rings (SSSR count). The Morgan fingerprint density at radius 3 is 1.94 bits per heavy atom. The first-order valence-electron chi connectivity index (χ1n) is 14.2. The molecule has 0 aromatic heterocycles. The van der Waals surface area contributed by atoms with E-state index in [4.69, 9.17) is 19.3 Å². The molecule has 0 aromatic rings. The van der Waals surface area contributed by atoms with Crippen molar-refractivity contribution in [3.63, 3.8) is 0 Å². The van der Waals surface area contributed by atoms with Gasteiger partial charge in [-0.3, -0.25) is 4.79 Å². The number of allylic oxidation sites excluding steroid dienone is 2. The zero-order valence-corrected chi connectivity index (χ0v) is 22.8. The van der Waals surface area contributed by atoms with E-state index in [1.807, 2.05) is 0 Å². The van der Waals surface area contributed by atoms with Crippen molar-refractivity contribution in [1.82, 2.24) is 5.32 Å². The molecule has 0 aliphatic heterocycles. The third-order valence-electron chi connectivity index (χ3n) is 5.68. The van der Waals surface area contributed by atoms with Gasteiger partial charge in [-0.2, -0.15) is 0 Å². The summed E-state index contributed by atoms with van der Waals surface area (Å²) in [7, 11) is 0. The van der Waals surface area contributed by atoms with Gasteiger partial charge in [-0.05, 0) is 45.1 Å². The van der Waals surface area contributed by atoms with E-state index in [0.29, 0.717) is 39.2 Å². The third-order valence-corrected chi connectivity index (χ3v) is 5.68. The summed E-state index contributed by atoms with van der Waals surface area (Å²) in [6.07, 6.45) is 24.2. The number of carbonyl (C=O) groups is 1. The van der Waals surface area contributed by atoms with Gasteiger partial charge < -0.3 is 24.6 Å². The maximum absolute atomic E-state index is 12.0. The Kier molecular flexibility index (Phi) is 28.0. The van der Waals surface area contributed by atoms with Gasteiger partial charge in [0.25, 0.3) is 0 Å². The van der Waals surface area contributed by atoms with Crippen molar-refractivity contribution >= 4 is 5.97 Å². The van der Waals surface area contributed by atoms with E-state index in [9.17, 15) is 4.79 Å². The van der Waals surface area contributed by atoms with Gasteiger partial charge in [0, 0.05) is 19.4 Å². The quantitative estimate of drug-likeness (QED) is 0.0586. The van der Waals surface area contributed by atoms with Gasteiger partial charge in [0.1, 0.15) is 0 Å². The Bertz CT molecular complexity index is 469. The van der Waals surface area contributed by atoms with Crippen molar-refractivity contribution in [1.29, 1.82) is 0 Å². The molecule has 0 spiro atoms. The SMILES string of the molecule is CCCCCC/C=C\COC(CCOC(=O)CCCCCNCCO)OC/C=C\CCCCCC. The largest absolute Gasteiger partial charge is 0.465 e. The van der Waals surface area contributed by atoms with Crippen LogP contribution in [0.25, 0.3) is 0 Å². The van der Waals surface area contributed by atoms with Crippen molar-refractivity contribution in [3.8, 4) is 0 Å². The molecule has 0 atom stereocenters. The van der Waals surface area contributed by atoms with E-state index in [-0.39, 0.29) is 18.9 Å². The fourth-order valence-electron chi connectivity index (χ4n) is 3.53. The molecule has 0 saturated carbocycles. The highest BCUT2D eigenvalue weighted by atomic mass is 16.7. The van der Waals surface area contributed by atoms with Crippen molar-refractivity contribution in [2.75, 3.05) is 39.5 Å². The van der Waals surface area contributed by atoms with E-state index in [1.165, 1.54) is 51.4 Å². The minimum atomic E-state index is -0.380. The fraction of sp³-hybridized carbons (Fsp3) is 0.828. The Morgan fingerprint density at radius 2 is 1.37 bits per heavy atom. The number of aliphatic hydroxyl groups excluding tert-OH is 1. The molecule has 206 valence electrons. The van der Waals surface area contributed by atoms with Crippen LogP contribution >= 0.6 is 0 Å². The van der Waals surface area contributed by atoms with Crippen molar-refractivity contribution in [3.05, 3.63) is 24.3 Å². The van der Waals surface area contributed by atoms with Gasteiger partial charge in [-0.1, -0.05) is 83.1 Å². The molecule has 0 unspecified atom stereocenters. The molecule has 0 fully saturated rings. The number of esters is 1.